The highest BCUT2D eigenvalue weighted by atomic mass is 16.5. The van der Waals surface area contributed by atoms with Crippen molar-refractivity contribution in [3.8, 4) is 5.75 Å². The van der Waals surface area contributed by atoms with Crippen molar-refractivity contribution >= 4 is 0 Å². The summed E-state index contributed by atoms with van der Waals surface area (Å²) >= 11 is 0. The molecule has 1 heterocycles. The molecule has 18 heavy (non-hydrogen) atoms. The van der Waals surface area contributed by atoms with Crippen LogP contribution in [0.3, 0.4) is 0 Å². The molecule has 3 heteroatoms. The standard InChI is InChI=1S/C15H22O3/c1-2-8-18-14-7-3-5-12(10-14)15(16)13-6-4-9-17-11-13/h3,5,7,10,13,15-16H,2,4,6,8-9,11H2,1H3. The number of hydrogen-bond acceptors (Lipinski definition) is 3. The van der Waals surface area contributed by atoms with Crippen LogP contribution in [-0.2, 0) is 4.74 Å². The van der Waals surface area contributed by atoms with Crippen LogP contribution in [0.4, 0.5) is 0 Å². The fourth-order valence-electron chi connectivity index (χ4n) is 2.30. The second-order valence-corrected chi connectivity index (χ2v) is 4.84. The second kappa shape index (κ2) is 6.76. The molecular formula is C15H22O3. The Morgan fingerprint density at radius 2 is 2.39 bits per heavy atom. The molecule has 100 valence electrons. The second-order valence-electron chi connectivity index (χ2n) is 4.84. The fraction of sp³-hybridized carbons (Fsp3) is 0.600. The van der Waals surface area contributed by atoms with Crippen LogP contribution in [0, 0.1) is 5.92 Å². The number of aliphatic hydroxyl groups excluding tert-OH is 1. The van der Waals surface area contributed by atoms with Crippen molar-refractivity contribution in [1.82, 2.24) is 0 Å². The Kier molecular flexibility index (Phi) is 5.02. The van der Waals surface area contributed by atoms with E-state index in [0.29, 0.717) is 13.2 Å². The summed E-state index contributed by atoms with van der Waals surface area (Å²) in [7, 11) is 0. The SMILES string of the molecule is CCCOc1cccc(C(O)C2CCCOC2)c1. The van der Waals surface area contributed by atoms with E-state index in [1.807, 2.05) is 24.3 Å². The summed E-state index contributed by atoms with van der Waals surface area (Å²) in [4.78, 5) is 0. The van der Waals surface area contributed by atoms with Crippen LogP contribution in [0.25, 0.3) is 0 Å². The minimum absolute atomic E-state index is 0.208. The number of benzene rings is 1. The van der Waals surface area contributed by atoms with Crippen LogP contribution in [0.5, 0.6) is 5.75 Å². The van der Waals surface area contributed by atoms with Crippen molar-refractivity contribution in [1.29, 1.82) is 0 Å². The van der Waals surface area contributed by atoms with E-state index in [0.717, 1.165) is 37.2 Å². The van der Waals surface area contributed by atoms with Crippen molar-refractivity contribution in [2.45, 2.75) is 32.3 Å². The minimum Gasteiger partial charge on any atom is -0.494 e. The molecule has 1 fully saturated rings. The Morgan fingerprint density at radius 3 is 3.11 bits per heavy atom. The molecule has 0 spiro atoms. The molecule has 1 N–H and O–H groups in total. The van der Waals surface area contributed by atoms with Crippen molar-refractivity contribution in [2.24, 2.45) is 5.92 Å². The van der Waals surface area contributed by atoms with Crippen molar-refractivity contribution < 1.29 is 14.6 Å². The van der Waals surface area contributed by atoms with E-state index in [9.17, 15) is 5.11 Å². The molecule has 0 radical (unpaired) electrons. The normalized spacial score (nSPS) is 21.6. The van der Waals surface area contributed by atoms with Gasteiger partial charge in [-0.2, -0.15) is 0 Å². The van der Waals surface area contributed by atoms with Crippen LogP contribution in [0.1, 0.15) is 37.9 Å². The third-order valence-electron chi connectivity index (χ3n) is 3.31. The maximum atomic E-state index is 10.4. The summed E-state index contributed by atoms with van der Waals surface area (Å²) in [6.45, 7) is 4.27. The maximum absolute atomic E-state index is 10.4. The van der Waals surface area contributed by atoms with Gasteiger partial charge in [-0.15, -0.1) is 0 Å². The maximum Gasteiger partial charge on any atom is 0.119 e. The monoisotopic (exact) mass is 250 g/mol. The Hall–Kier alpha value is -1.06. The van der Waals surface area contributed by atoms with Crippen LogP contribution < -0.4 is 4.74 Å². The largest absolute Gasteiger partial charge is 0.494 e. The topological polar surface area (TPSA) is 38.7 Å². The number of ether oxygens (including phenoxy) is 2. The highest BCUT2D eigenvalue weighted by Gasteiger charge is 2.23. The van der Waals surface area contributed by atoms with Gasteiger partial charge in [-0.1, -0.05) is 19.1 Å². The lowest BCUT2D eigenvalue weighted by Crippen LogP contribution is -2.23. The van der Waals surface area contributed by atoms with Gasteiger partial charge in [0, 0.05) is 12.5 Å². The van der Waals surface area contributed by atoms with Crippen LogP contribution in [0.2, 0.25) is 0 Å². The molecule has 0 aliphatic carbocycles. The van der Waals surface area contributed by atoms with E-state index < -0.39 is 6.10 Å². The molecular weight excluding hydrogens is 228 g/mol. The third kappa shape index (κ3) is 3.47. The number of hydrogen-bond donors (Lipinski definition) is 1. The molecule has 0 saturated carbocycles. The molecule has 1 aromatic carbocycles. The molecule has 0 amide bonds. The Labute approximate surface area is 109 Å². The van der Waals surface area contributed by atoms with Crippen molar-refractivity contribution in [2.75, 3.05) is 19.8 Å². The quantitative estimate of drug-likeness (QED) is 0.873. The molecule has 2 atom stereocenters. The lowest BCUT2D eigenvalue weighted by Gasteiger charge is -2.27. The van der Waals surface area contributed by atoms with Gasteiger partial charge in [0.25, 0.3) is 0 Å². The molecule has 2 rings (SSSR count). The van der Waals surface area contributed by atoms with E-state index in [1.54, 1.807) is 0 Å². The average molecular weight is 250 g/mol. The summed E-state index contributed by atoms with van der Waals surface area (Å²) in [5, 5.41) is 10.4. The van der Waals surface area contributed by atoms with Crippen LogP contribution in [0.15, 0.2) is 24.3 Å². The summed E-state index contributed by atoms with van der Waals surface area (Å²) in [5.74, 6) is 1.05. The first-order chi connectivity index (χ1) is 8.81. The number of rotatable bonds is 5. The highest BCUT2D eigenvalue weighted by molar-refractivity contribution is 5.30. The first-order valence-corrected chi connectivity index (χ1v) is 6.80. The van der Waals surface area contributed by atoms with E-state index >= 15 is 0 Å². The van der Waals surface area contributed by atoms with E-state index in [4.69, 9.17) is 9.47 Å². The minimum atomic E-state index is -0.449. The summed E-state index contributed by atoms with van der Waals surface area (Å²) in [6.07, 6.45) is 2.61. The molecule has 1 aromatic rings. The van der Waals surface area contributed by atoms with Crippen molar-refractivity contribution in [3.05, 3.63) is 29.8 Å². The van der Waals surface area contributed by atoms with Gasteiger partial charge in [0.2, 0.25) is 0 Å². The zero-order chi connectivity index (χ0) is 12.8. The van der Waals surface area contributed by atoms with Crippen LogP contribution in [-0.4, -0.2) is 24.9 Å². The zero-order valence-electron chi connectivity index (χ0n) is 11.0. The highest BCUT2D eigenvalue weighted by Crippen LogP contribution is 2.30. The van der Waals surface area contributed by atoms with E-state index in [-0.39, 0.29) is 5.92 Å². The fourth-order valence-corrected chi connectivity index (χ4v) is 2.30. The van der Waals surface area contributed by atoms with E-state index in [1.165, 1.54) is 0 Å². The molecule has 2 unspecified atom stereocenters. The molecule has 0 aromatic heterocycles. The average Bonchev–Trinajstić information content (AvgIpc) is 2.45. The lowest BCUT2D eigenvalue weighted by atomic mass is 9.91. The van der Waals surface area contributed by atoms with Gasteiger partial charge < -0.3 is 14.6 Å². The predicted octanol–water partition coefficient (Wildman–Crippen LogP) is 2.94. The van der Waals surface area contributed by atoms with Crippen LogP contribution >= 0.6 is 0 Å². The van der Waals surface area contributed by atoms with Gasteiger partial charge in [0.1, 0.15) is 5.75 Å². The lowest BCUT2D eigenvalue weighted by molar-refractivity contribution is -0.0100. The van der Waals surface area contributed by atoms with Crippen molar-refractivity contribution in [3.63, 3.8) is 0 Å². The molecule has 1 saturated heterocycles. The zero-order valence-corrected chi connectivity index (χ0v) is 11.0. The summed E-state index contributed by atoms with van der Waals surface area (Å²) in [6, 6.07) is 7.77. The first kappa shape index (κ1) is 13.4. The van der Waals surface area contributed by atoms with Gasteiger partial charge >= 0.3 is 0 Å². The third-order valence-corrected chi connectivity index (χ3v) is 3.31. The molecule has 1 aliphatic heterocycles. The molecule has 3 nitrogen and oxygen atoms in total. The van der Waals surface area contributed by atoms with Gasteiger partial charge in [-0.25, -0.2) is 0 Å². The van der Waals surface area contributed by atoms with Gasteiger partial charge in [0.05, 0.1) is 19.3 Å². The van der Waals surface area contributed by atoms with Gasteiger partial charge in [-0.3, -0.25) is 0 Å². The van der Waals surface area contributed by atoms with E-state index in [2.05, 4.69) is 6.92 Å². The first-order valence-electron chi connectivity index (χ1n) is 6.80. The molecule has 0 bridgehead atoms. The Bertz CT molecular complexity index is 359. The summed E-state index contributed by atoms with van der Waals surface area (Å²) < 4.78 is 11.0. The number of aliphatic hydroxyl groups is 1. The summed E-state index contributed by atoms with van der Waals surface area (Å²) in [5.41, 5.74) is 0.930. The van der Waals surface area contributed by atoms with Gasteiger partial charge in [-0.05, 0) is 37.0 Å². The van der Waals surface area contributed by atoms with Gasteiger partial charge in [0.15, 0.2) is 0 Å². The Morgan fingerprint density at radius 1 is 1.50 bits per heavy atom. The smallest absolute Gasteiger partial charge is 0.119 e. The predicted molar refractivity (Wildman–Crippen MR) is 70.7 cm³/mol. The molecule has 1 aliphatic rings. The Balaban J connectivity index is 2.02.